The van der Waals surface area contributed by atoms with Gasteiger partial charge in [0.2, 0.25) is 5.95 Å². The van der Waals surface area contributed by atoms with E-state index in [1.165, 1.54) is 25.3 Å². The lowest BCUT2D eigenvalue weighted by atomic mass is 10.0. The van der Waals surface area contributed by atoms with Gasteiger partial charge in [-0.15, -0.1) is 0 Å². The van der Waals surface area contributed by atoms with E-state index < -0.39 is 23.7 Å². The van der Waals surface area contributed by atoms with E-state index in [-0.39, 0.29) is 52.5 Å². The van der Waals surface area contributed by atoms with Crippen LogP contribution < -0.4 is 5.32 Å². The minimum Gasteiger partial charge on any atom is -0.480 e. The van der Waals surface area contributed by atoms with E-state index in [9.17, 15) is 14.0 Å². The van der Waals surface area contributed by atoms with E-state index in [2.05, 4.69) is 15.3 Å². The standard InChI is InChI=1S/C18H18ClFN4O4/c1-8(7-25)22-18-21-5-13(19)15(23-18)10-3-11-12(14(20)4-10)6-24(16(11)26)9(2)17(27)28/h3-5,8-9,25H,6-7H2,1-2H3,(H,27,28)(H,21,22,23)/t8-,9?/m0/s1. The molecule has 3 N–H and O–H groups in total. The summed E-state index contributed by atoms with van der Waals surface area (Å²) in [6.07, 6.45) is 1.34. The molecule has 2 aromatic rings. The number of halogens is 2. The first kappa shape index (κ1) is 20.0. The van der Waals surface area contributed by atoms with Gasteiger partial charge in [-0.25, -0.2) is 19.2 Å². The average molecular weight is 409 g/mol. The molecule has 0 saturated heterocycles. The van der Waals surface area contributed by atoms with Gasteiger partial charge in [-0.1, -0.05) is 11.6 Å². The monoisotopic (exact) mass is 408 g/mol. The second-order valence-corrected chi connectivity index (χ2v) is 6.96. The Morgan fingerprint density at radius 1 is 1.43 bits per heavy atom. The first-order valence-electron chi connectivity index (χ1n) is 8.49. The molecule has 0 fully saturated rings. The molecule has 2 heterocycles. The summed E-state index contributed by atoms with van der Waals surface area (Å²) in [5, 5.41) is 21.3. The summed E-state index contributed by atoms with van der Waals surface area (Å²) in [4.78, 5) is 33.2. The normalized spacial score (nSPS) is 15.3. The molecule has 1 amide bonds. The zero-order valence-electron chi connectivity index (χ0n) is 15.1. The third kappa shape index (κ3) is 3.63. The number of amides is 1. The Labute approximate surface area is 165 Å². The number of hydrogen-bond acceptors (Lipinski definition) is 6. The van der Waals surface area contributed by atoms with Crippen LogP contribution in [-0.4, -0.2) is 55.6 Å². The Morgan fingerprint density at radius 2 is 2.14 bits per heavy atom. The average Bonchev–Trinajstić information content (AvgIpc) is 2.99. The number of carbonyl (C=O) groups excluding carboxylic acids is 1. The summed E-state index contributed by atoms with van der Waals surface area (Å²) in [6, 6.07) is 1.26. The first-order chi connectivity index (χ1) is 13.2. The Morgan fingerprint density at radius 3 is 2.79 bits per heavy atom. The van der Waals surface area contributed by atoms with Crippen molar-refractivity contribution in [2.45, 2.75) is 32.5 Å². The van der Waals surface area contributed by atoms with Crippen LogP contribution in [0.2, 0.25) is 5.02 Å². The summed E-state index contributed by atoms with van der Waals surface area (Å²) in [7, 11) is 0. The summed E-state index contributed by atoms with van der Waals surface area (Å²) >= 11 is 6.16. The number of aliphatic hydroxyl groups is 1. The topological polar surface area (TPSA) is 116 Å². The van der Waals surface area contributed by atoms with Gasteiger partial charge >= 0.3 is 5.97 Å². The maximum absolute atomic E-state index is 14.7. The molecule has 0 saturated carbocycles. The molecule has 1 aliphatic heterocycles. The highest BCUT2D eigenvalue weighted by atomic mass is 35.5. The molecule has 28 heavy (non-hydrogen) atoms. The minimum absolute atomic E-state index is 0.0796. The zero-order valence-corrected chi connectivity index (χ0v) is 15.9. The Balaban J connectivity index is 2.01. The van der Waals surface area contributed by atoms with Crippen molar-refractivity contribution in [2.75, 3.05) is 11.9 Å². The maximum Gasteiger partial charge on any atom is 0.326 e. The summed E-state index contributed by atoms with van der Waals surface area (Å²) in [5.74, 6) is -2.19. The predicted octanol–water partition coefficient (Wildman–Crippen LogP) is 2.16. The molecule has 1 unspecified atom stereocenters. The summed E-state index contributed by atoms with van der Waals surface area (Å²) < 4.78 is 14.7. The number of aliphatic hydroxyl groups excluding tert-OH is 1. The smallest absolute Gasteiger partial charge is 0.326 e. The number of aromatic nitrogens is 2. The van der Waals surface area contributed by atoms with Gasteiger partial charge in [-0.2, -0.15) is 0 Å². The van der Waals surface area contributed by atoms with Crippen LogP contribution in [0.4, 0.5) is 10.3 Å². The molecule has 0 radical (unpaired) electrons. The van der Waals surface area contributed by atoms with Crippen LogP contribution in [0, 0.1) is 5.82 Å². The number of fused-ring (bicyclic) bond motifs is 1. The highest BCUT2D eigenvalue weighted by Gasteiger charge is 2.36. The van der Waals surface area contributed by atoms with Crippen molar-refractivity contribution >= 4 is 29.4 Å². The van der Waals surface area contributed by atoms with Crippen molar-refractivity contribution in [2.24, 2.45) is 0 Å². The number of nitrogens with one attached hydrogen (secondary N) is 1. The number of hydrogen-bond donors (Lipinski definition) is 3. The van der Waals surface area contributed by atoms with Crippen LogP contribution in [0.1, 0.15) is 29.8 Å². The largest absolute Gasteiger partial charge is 0.480 e. The highest BCUT2D eigenvalue weighted by molar-refractivity contribution is 6.33. The lowest BCUT2D eigenvalue weighted by Gasteiger charge is -2.19. The second-order valence-electron chi connectivity index (χ2n) is 6.55. The van der Waals surface area contributed by atoms with E-state index in [4.69, 9.17) is 21.8 Å². The fourth-order valence-electron chi connectivity index (χ4n) is 2.87. The molecule has 1 aliphatic rings. The van der Waals surface area contributed by atoms with Crippen LogP contribution >= 0.6 is 11.6 Å². The minimum atomic E-state index is -1.17. The molecule has 1 aromatic carbocycles. The number of anilines is 1. The quantitative estimate of drug-likeness (QED) is 0.670. The molecule has 0 bridgehead atoms. The van der Waals surface area contributed by atoms with Crippen LogP contribution in [0.3, 0.4) is 0 Å². The molecule has 0 spiro atoms. The Bertz CT molecular complexity index is 955. The van der Waals surface area contributed by atoms with Crippen molar-refractivity contribution < 1.29 is 24.2 Å². The SMILES string of the molecule is CC(C(=O)O)N1Cc2c(F)cc(-c3nc(N[C@@H](C)CO)ncc3Cl)cc2C1=O. The van der Waals surface area contributed by atoms with Gasteiger partial charge in [0, 0.05) is 22.7 Å². The maximum atomic E-state index is 14.7. The van der Waals surface area contributed by atoms with Crippen LogP contribution in [0.25, 0.3) is 11.3 Å². The number of carbonyl (C=O) groups is 2. The number of aliphatic carboxylic acids is 1. The van der Waals surface area contributed by atoms with E-state index in [1.54, 1.807) is 6.92 Å². The molecular weight excluding hydrogens is 391 g/mol. The van der Waals surface area contributed by atoms with Gasteiger partial charge in [0.25, 0.3) is 5.91 Å². The van der Waals surface area contributed by atoms with Crippen molar-refractivity contribution in [3.8, 4) is 11.3 Å². The number of rotatable bonds is 6. The van der Waals surface area contributed by atoms with E-state index in [0.29, 0.717) is 0 Å². The van der Waals surface area contributed by atoms with Crippen molar-refractivity contribution in [1.82, 2.24) is 14.9 Å². The van der Waals surface area contributed by atoms with Gasteiger partial charge in [0.1, 0.15) is 11.9 Å². The molecule has 10 heteroatoms. The molecule has 2 atom stereocenters. The Kier molecular flexibility index (Phi) is 5.48. The molecular formula is C18H18ClFN4O4. The second kappa shape index (κ2) is 7.69. The fourth-order valence-corrected chi connectivity index (χ4v) is 3.07. The highest BCUT2D eigenvalue weighted by Crippen LogP contribution is 2.34. The van der Waals surface area contributed by atoms with Crippen molar-refractivity contribution in [3.63, 3.8) is 0 Å². The van der Waals surface area contributed by atoms with E-state index >= 15 is 0 Å². The fraction of sp³-hybridized carbons (Fsp3) is 0.333. The van der Waals surface area contributed by atoms with Gasteiger partial charge in [0.15, 0.2) is 0 Å². The number of carboxylic acid groups (broad SMARTS) is 1. The van der Waals surface area contributed by atoms with Crippen LogP contribution in [-0.2, 0) is 11.3 Å². The van der Waals surface area contributed by atoms with Gasteiger partial charge in [-0.05, 0) is 26.0 Å². The first-order valence-corrected chi connectivity index (χ1v) is 8.87. The lowest BCUT2D eigenvalue weighted by Crippen LogP contribution is -2.38. The third-order valence-corrected chi connectivity index (χ3v) is 4.78. The Hall–Kier alpha value is -2.78. The van der Waals surface area contributed by atoms with Gasteiger partial charge in [-0.3, -0.25) is 4.79 Å². The summed E-state index contributed by atoms with van der Waals surface area (Å²) in [5.41, 5.74) is 0.695. The third-order valence-electron chi connectivity index (χ3n) is 4.51. The summed E-state index contributed by atoms with van der Waals surface area (Å²) in [6.45, 7) is 2.84. The van der Waals surface area contributed by atoms with E-state index in [1.807, 2.05) is 0 Å². The lowest BCUT2D eigenvalue weighted by molar-refractivity contribution is -0.141. The molecule has 0 aliphatic carbocycles. The number of benzene rings is 1. The molecule has 8 nitrogen and oxygen atoms in total. The van der Waals surface area contributed by atoms with E-state index in [0.717, 1.165) is 4.90 Å². The molecule has 1 aromatic heterocycles. The van der Waals surface area contributed by atoms with Crippen LogP contribution in [0.5, 0.6) is 0 Å². The molecule has 148 valence electrons. The van der Waals surface area contributed by atoms with Gasteiger partial charge in [0.05, 0.1) is 30.1 Å². The number of nitrogens with zero attached hydrogens (tertiary/aromatic N) is 3. The zero-order chi connectivity index (χ0) is 20.6. The van der Waals surface area contributed by atoms with Crippen molar-refractivity contribution in [1.29, 1.82) is 0 Å². The van der Waals surface area contributed by atoms with Crippen molar-refractivity contribution in [3.05, 3.63) is 40.3 Å². The van der Waals surface area contributed by atoms with Gasteiger partial charge < -0.3 is 20.4 Å². The number of carboxylic acids is 1. The molecule has 3 rings (SSSR count). The predicted molar refractivity (Wildman–Crippen MR) is 99.6 cm³/mol. The van der Waals surface area contributed by atoms with Crippen LogP contribution in [0.15, 0.2) is 18.3 Å².